The Morgan fingerprint density at radius 1 is 1.26 bits per heavy atom. The Kier molecular flexibility index (Phi) is 9.06. The molecule has 1 aromatic carbocycles. The molecule has 2 heterocycles. The van der Waals surface area contributed by atoms with E-state index in [-0.39, 0.29) is 53.4 Å². The van der Waals surface area contributed by atoms with E-state index in [9.17, 15) is 41.4 Å². The number of nitrogens with zero attached hydrogens (tertiary/aromatic N) is 3. The van der Waals surface area contributed by atoms with Crippen molar-refractivity contribution in [2.75, 3.05) is 29.4 Å². The highest BCUT2D eigenvalue weighted by Gasteiger charge is 2.51. The van der Waals surface area contributed by atoms with E-state index in [1.807, 2.05) is 0 Å². The molecule has 0 bridgehead atoms. The lowest BCUT2D eigenvalue weighted by Gasteiger charge is -2.36. The summed E-state index contributed by atoms with van der Waals surface area (Å²) in [4.78, 5) is 23.9. The summed E-state index contributed by atoms with van der Waals surface area (Å²) in [5.41, 5.74) is -2.96. The summed E-state index contributed by atoms with van der Waals surface area (Å²) in [6.45, 7) is 2.41. The van der Waals surface area contributed by atoms with Gasteiger partial charge in [0.1, 0.15) is 18.5 Å². The number of amides is 1. The number of carbonyl (C=O) groups excluding carboxylic acids is 1. The second-order valence-corrected chi connectivity index (χ2v) is 12.6. The van der Waals surface area contributed by atoms with Gasteiger partial charge in [0.15, 0.2) is 4.90 Å². The third-order valence-corrected chi connectivity index (χ3v) is 8.87. The van der Waals surface area contributed by atoms with Crippen LogP contribution in [0.4, 0.5) is 29.3 Å². The molecule has 1 fully saturated rings. The number of hydrogen-bond donors (Lipinski definition) is 3. The summed E-state index contributed by atoms with van der Waals surface area (Å²) < 4.78 is 86.1. The minimum absolute atomic E-state index is 0.0202. The normalized spacial score (nSPS) is 17.9. The second-order valence-electron chi connectivity index (χ2n) is 10.7. The van der Waals surface area contributed by atoms with E-state index >= 15 is 0 Å². The third-order valence-electron chi connectivity index (χ3n) is 7.11. The van der Waals surface area contributed by atoms with Crippen LogP contribution >= 0.6 is 0 Å². The van der Waals surface area contributed by atoms with Gasteiger partial charge in [-0.2, -0.15) is 13.2 Å². The first-order valence-corrected chi connectivity index (χ1v) is 15.0. The van der Waals surface area contributed by atoms with Crippen LogP contribution in [0.2, 0.25) is 0 Å². The van der Waals surface area contributed by atoms with Crippen molar-refractivity contribution in [1.29, 1.82) is 0 Å². The van der Waals surface area contributed by atoms with Crippen molar-refractivity contribution in [2.45, 2.75) is 69.4 Å². The van der Waals surface area contributed by atoms with Crippen LogP contribution in [-0.4, -0.2) is 78.1 Å². The van der Waals surface area contributed by atoms with Crippen molar-refractivity contribution in [2.24, 2.45) is 11.8 Å². The van der Waals surface area contributed by atoms with E-state index in [0.29, 0.717) is 20.4 Å². The van der Waals surface area contributed by atoms with Crippen LogP contribution in [0, 0.1) is 11.8 Å². The number of benzene rings is 1. The minimum Gasteiger partial charge on any atom is -0.486 e. The molecule has 1 aliphatic heterocycles. The van der Waals surface area contributed by atoms with Gasteiger partial charge in [0.25, 0.3) is 15.9 Å². The number of aryl methyl sites for hydroxylation is 1. The maximum absolute atomic E-state index is 14.1. The van der Waals surface area contributed by atoms with Gasteiger partial charge in [0.05, 0.1) is 24.8 Å². The molecule has 2 aromatic rings. The molecule has 1 saturated carbocycles. The number of halogens is 3. The van der Waals surface area contributed by atoms with E-state index in [2.05, 4.69) is 15.2 Å². The highest BCUT2D eigenvalue weighted by Crippen LogP contribution is 2.44. The van der Waals surface area contributed by atoms with Crippen molar-refractivity contribution >= 4 is 33.5 Å². The minimum atomic E-state index is -4.85. The van der Waals surface area contributed by atoms with E-state index in [0.717, 1.165) is 17.1 Å². The smallest absolute Gasteiger partial charge is 0.427 e. The Bertz CT molecular complexity index is 1460. The number of aromatic nitrogens is 2. The molecule has 13 nitrogen and oxygen atoms in total. The largest absolute Gasteiger partial charge is 0.486 e. The van der Waals surface area contributed by atoms with Gasteiger partial charge in [-0.05, 0) is 64.2 Å². The first-order chi connectivity index (χ1) is 20.1. The zero-order valence-corrected chi connectivity index (χ0v) is 24.4. The number of carboxylic acids is 1. The quantitative estimate of drug-likeness (QED) is 0.313. The van der Waals surface area contributed by atoms with E-state index < -0.39 is 52.5 Å². The number of anilines is 2. The van der Waals surface area contributed by atoms with Gasteiger partial charge >= 0.3 is 18.2 Å². The molecule has 0 unspecified atom stereocenters. The summed E-state index contributed by atoms with van der Waals surface area (Å²) in [5.74, 6) is -2.05. The zero-order valence-electron chi connectivity index (χ0n) is 23.6. The Hall–Kier alpha value is -3.73. The van der Waals surface area contributed by atoms with E-state index in [4.69, 9.17) is 9.47 Å². The highest BCUT2D eigenvalue weighted by molar-refractivity contribution is 7.93. The first-order valence-electron chi connectivity index (χ1n) is 13.5. The monoisotopic (exact) mass is 634 g/mol. The highest BCUT2D eigenvalue weighted by atomic mass is 32.2. The van der Waals surface area contributed by atoms with Crippen LogP contribution in [0.15, 0.2) is 29.3 Å². The maximum atomic E-state index is 14.1. The van der Waals surface area contributed by atoms with Crippen molar-refractivity contribution in [1.82, 2.24) is 9.78 Å². The fourth-order valence-corrected chi connectivity index (χ4v) is 6.11. The maximum Gasteiger partial charge on any atom is 0.427 e. The number of aliphatic hydroxyl groups is 1. The Balaban J connectivity index is 1.71. The van der Waals surface area contributed by atoms with E-state index in [1.165, 1.54) is 29.1 Å². The summed E-state index contributed by atoms with van der Waals surface area (Å²) in [6.07, 6.45) is -4.41. The van der Waals surface area contributed by atoms with Gasteiger partial charge in [-0.1, -0.05) is 0 Å². The summed E-state index contributed by atoms with van der Waals surface area (Å²) >= 11 is 0. The van der Waals surface area contributed by atoms with Gasteiger partial charge < -0.3 is 24.4 Å². The molecule has 4 rings (SSSR count). The van der Waals surface area contributed by atoms with Gasteiger partial charge in [-0.3, -0.25) is 19.1 Å². The molecule has 1 amide bonds. The number of fused-ring (bicyclic) bond motifs is 1. The average Bonchev–Trinajstić information content (AvgIpc) is 3.66. The Morgan fingerprint density at radius 3 is 2.53 bits per heavy atom. The summed E-state index contributed by atoms with van der Waals surface area (Å²) in [7, 11) is -4.49. The lowest BCUT2D eigenvalue weighted by molar-refractivity contribution is -0.242. The molecule has 238 valence electrons. The molecular formula is C26H33F3N4O9S. The van der Waals surface area contributed by atoms with Crippen molar-refractivity contribution in [3.05, 3.63) is 24.4 Å². The number of aliphatic hydroxyl groups excluding tert-OH is 1. The van der Waals surface area contributed by atoms with Gasteiger partial charge in [-0.25, -0.2) is 13.2 Å². The molecule has 2 atom stereocenters. The molecule has 3 N–H and O–H groups in total. The topological polar surface area (TPSA) is 170 Å². The number of carbonyl (C=O) groups is 2. The standard InChI is InChI=1S/C26H33F3N4O9S/c1-4-32-14-21(22(31-32)40-10-9-34)43(38,39)33-13-17(12-18(23(35)36)15-5-6-15)41-20-8-7-16(11-19(20)33)30-24(37)42-25(2,3)26(27,28)29/h7-8,11,14-15,17-18,34H,4-6,9-10,12-13H2,1-3H3,(H,30,37)(H,35,36)/t17-,18-/m0/s1. The van der Waals surface area contributed by atoms with Gasteiger partial charge in [-0.15, -0.1) is 5.10 Å². The summed E-state index contributed by atoms with van der Waals surface area (Å²) in [5, 5.41) is 25.3. The number of aliphatic carboxylic acids is 1. The van der Waals surface area contributed by atoms with Crippen molar-refractivity contribution in [3.63, 3.8) is 0 Å². The van der Waals surface area contributed by atoms with Gasteiger partial charge in [0, 0.05) is 18.4 Å². The second kappa shape index (κ2) is 12.1. The lowest BCUT2D eigenvalue weighted by Crippen LogP contribution is -2.45. The number of rotatable bonds is 12. The van der Waals surface area contributed by atoms with Gasteiger partial charge in [0.2, 0.25) is 5.60 Å². The molecule has 0 spiro atoms. The fourth-order valence-electron chi connectivity index (χ4n) is 4.54. The number of alkyl halides is 3. The Labute approximate surface area is 245 Å². The predicted molar refractivity (Wildman–Crippen MR) is 145 cm³/mol. The number of nitrogens with one attached hydrogen (secondary N) is 1. The van der Waals surface area contributed by atoms with Crippen LogP contribution in [0.1, 0.15) is 40.0 Å². The summed E-state index contributed by atoms with van der Waals surface area (Å²) in [6, 6.07) is 3.80. The third kappa shape index (κ3) is 7.09. The van der Waals surface area contributed by atoms with Crippen LogP contribution in [-0.2, 0) is 26.1 Å². The molecule has 1 aromatic heterocycles. The number of ether oxygens (including phenoxy) is 3. The number of hydrogen-bond acceptors (Lipinski definition) is 9. The predicted octanol–water partition coefficient (Wildman–Crippen LogP) is 3.62. The number of carboxylic acid groups (broad SMARTS) is 1. The number of sulfonamides is 1. The van der Waals surface area contributed by atoms with Crippen LogP contribution in [0.25, 0.3) is 0 Å². The molecule has 2 aliphatic rings. The average molecular weight is 635 g/mol. The molecule has 0 saturated heterocycles. The van der Waals surface area contributed by atoms with Crippen molar-refractivity contribution in [3.8, 4) is 11.6 Å². The van der Waals surface area contributed by atoms with Crippen LogP contribution in [0.5, 0.6) is 11.6 Å². The molecule has 43 heavy (non-hydrogen) atoms. The Morgan fingerprint density at radius 2 is 1.95 bits per heavy atom. The molecule has 17 heteroatoms. The molecule has 0 radical (unpaired) electrons. The fraction of sp³-hybridized carbons (Fsp3) is 0.577. The lowest BCUT2D eigenvalue weighted by atomic mass is 9.95. The zero-order chi connectivity index (χ0) is 31.7. The van der Waals surface area contributed by atoms with Crippen molar-refractivity contribution < 1.29 is 55.6 Å². The van der Waals surface area contributed by atoms with Crippen LogP contribution in [0.3, 0.4) is 0 Å². The van der Waals surface area contributed by atoms with Crippen LogP contribution < -0.4 is 19.1 Å². The first kappa shape index (κ1) is 32.2. The molecular weight excluding hydrogens is 601 g/mol. The van der Waals surface area contributed by atoms with E-state index in [1.54, 1.807) is 6.92 Å². The molecule has 1 aliphatic carbocycles. The SMILES string of the molecule is CCn1cc(S(=O)(=O)N2C[C@H](C[C@H](C(=O)O)C3CC3)Oc3ccc(NC(=O)OC(C)(C)C(F)(F)F)cc32)c(OCCO)n1.